The lowest BCUT2D eigenvalue weighted by Crippen LogP contribution is -1.98. The lowest BCUT2D eigenvalue weighted by molar-refractivity contribution is 0.868. The summed E-state index contributed by atoms with van der Waals surface area (Å²) in [6.45, 7) is 2.08. The van der Waals surface area contributed by atoms with E-state index in [9.17, 15) is 0 Å². The summed E-state index contributed by atoms with van der Waals surface area (Å²) in [4.78, 5) is 8.78. The predicted octanol–water partition coefficient (Wildman–Crippen LogP) is 5.82. The molecule has 0 bridgehead atoms. The van der Waals surface area contributed by atoms with E-state index in [0.29, 0.717) is 21.0 Å². The van der Waals surface area contributed by atoms with Crippen LogP contribution in [0.5, 0.6) is 0 Å². The van der Waals surface area contributed by atoms with Gasteiger partial charge in [-0.05, 0) is 40.5 Å². The van der Waals surface area contributed by atoms with Gasteiger partial charge in [-0.15, -0.1) is 0 Å². The van der Waals surface area contributed by atoms with Crippen molar-refractivity contribution < 1.29 is 0 Å². The fourth-order valence-electron chi connectivity index (χ4n) is 1.63. The van der Waals surface area contributed by atoms with Gasteiger partial charge in [0.05, 0.1) is 20.2 Å². The van der Waals surface area contributed by atoms with Crippen LogP contribution in [0, 0.1) is 0 Å². The minimum atomic E-state index is 0.402. The highest BCUT2D eigenvalue weighted by Gasteiger charge is 2.12. The highest BCUT2D eigenvalue weighted by molar-refractivity contribution is 9.10. The van der Waals surface area contributed by atoms with Crippen LogP contribution in [0.25, 0.3) is 11.4 Å². The van der Waals surface area contributed by atoms with Gasteiger partial charge < -0.3 is 0 Å². The number of aromatic nitrogens is 2. The zero-order valence-corrected chi connectivity index (χ0v) is 13.9. The van der Waals surface area contributed by atoms with Crippen LogP contribution in [0.15, 0.2) is 22.7 Å². The molecule has 1 aromatic carbocycles. The van der Waals surface area contributed by atoms with Gasteiger partial charge in [-0.3, -0.25) is 0 Å². The molecule has 0 radical (unpaired) electrons. The second-order valence-corrected chi connectivity index (χ2v) is 5.94. The van der Waals surface area contributed by atoms with Crippen LogP contribution in [-0.4, -0.2) is 9.97 Å². The molecule has 0 aliphatic rings. The molecule has 0 saturated heterocycles. The average Bonchev–Trinajstić information content (AvgIpc) is 2.38. The first-order chi connectivity index (χ1) is 9.02. The molecule has 2 nitrogen and oxygen atoms in total. The third-order valence-electron chi connectivity index (χ3n) is 2.54. The summed E-state index contributed by atoms with van der Waals surface area (Å²) in [7, 11) is 0. The van der Waals surface area contributed by atoms with Gasteiger partial charge in [0.1, 0.15) is 5.15 Å². The van der Waals surface area contributed by atoms with E-state index in [2.05, 4.69) is 32.8 Å². The molecule has 2 aromatic rings. The lowest BCUT2D eigenvalue weighted by atomic mass is 10.2. The van der Waals surface area contributed by atoms with Crippen molar-refractivity contribution in [2.24, 2.45) is 0 Å². The minimum absolute atomic E-state index is 0.402. The number of aryl methyl sites for hydroxylation is 1. The number of halogens is 4. The van der Waals surface area contributed by atoms with Gasteiger partial charge in [-0.2, -0.15) is 0 Å². The highest BCUT2D eigenvalue weighted by atomic mass is 79.9. The first-order valence-corrected chi connectivity index (χ1v) is 7.63. The molecule has 19 heavy (non-hydrogen) atoms. The SMILES string of the molecule is CCCc1nc(-c2ccc(Cl)c(Cl)c2)nc(Cl)c1Br. The molecule has 0 aliphatic heterocycles. The van der Waals surface area contributed by atoms with Gasteiger partial charge in [0.25, 0.3) is 0 Å². The largest absolute Gasteiger partial charge is 0.232 e. The van der Waals surface area contributed by atoms with Crippen molar-refractivity contribution in [2.75, 3.05) is 0 Å². The van der Waals surface area contributed by atoms with Gasteiger partial charge in [-0.25, -0.2) is 9.97 Å². The fraction of sp³-hybridized carbons (Fsp3) is 0.231. The highest BCUT2D eigenvalue weighted by Crippen LogP contribution is 2.30. The third kappa shape index (κ3) is 3.40. The van der Waals surface area contributed by atoms with Crippen LogP contribution in [0.2, 0.25) is 15.2 Å². The molecule has 0 fully saturated rings. The maximum atomic E-state index is 6.12. The van der Waals surface area contributed by atoms with Gasteiger partial charge in [0.15, 0.2) is 5.82 Å². The molecule has 2 rings (SSSR count). The summed E-state index contributed by atoms with van der Waals surface area (Å²) in [5.41, 5.74) is 1.68. The normalized spacial score (nSPS) is 10.8. The maximum Gasteiger partial charge on any atom is 0.161 e. The lowest BCUT2D eigenvalue weighted by Gasteiger charge is -2.08. The van der Waals surface area contributed by atoms with Crippen LogP contribution < -0.4 is 0 Å². The molecule has 0 aliphatic carbocycles. The maximum absolute atomic E-state index is 6.12. The van der Waals surface area contributed by atoms with E-state index in [1.807, 2.05) is 6.07 Å². The molecule has 0 saturated carbocycles. The Kier molecular flexibility index (Phi) is 5.07. The van der Waals surface area contributed by atoms with Crippen molar-refractivity contribution in [1.29, 1.82) is 0 Å². The topological polar surface area (TPSA) is 25.8 Å². The summed E-state index contributed by atoms with van der Waals surface area (Å²) in [5.74, 6) is 0.551. The van der Waals surface area contributed by atoms with Crippen molar-refractivity contribution in [3.63, 3.8) is 0 Å². The second-order valence-electron chi connectivity index (χ2n) is 3.98. The fourth-order valence-corrected chi connectivity index (χ4v) is 2.49. The van der Waals surface area contributed by atoms with E-state index in [1.165, 1.54) is 0 Å². The Balaban J connectivity index is 2.52. The molecular weight excluding hydrogens is 370 g/mol. The number of hydrogen-bond acceptors (Lipinski definition) is 2. The van der Waals surface area contributed by atoms with E-state index < -0.39 is 0 Å². The Morgan fingerprint density at radius 2 is 1.84 bits per heavy atom. The Hall–Kier alpha value is -0.350. The summed E-state index contributed by atoms with van der Waals surface area (Å²) >= 11 is 21.4. The quantitative estimate of drug-likeness (QED) is 0.627. The zero-order valence-electron chi connectivity index (χ0n) is 10.1. The number of nitrogens with zero attached hydrogens (tertiary/aromatic N) is 2. The van der Waals surface area contributed by atoms with E-state index in [4.69, 9.17) is 34.8 Å². The molecule has 0 atom stereocenters. The standard InChI is InChI=1S/C13H10BrCl3N2/c1-2-3-10-11(14)12(17)19-13(18-10)7-4-5-8(15)9(16)6-7/h4-6H,2-3H2,1H3. The molecule has 1 aromatic heterocycles. The minimum Gasteiger partial charge on any atom is -0.232 e. The third-order valence-corrected chi connectivity index (χ3v) is 4.62. The van der Waals surface area contributed by atoms with Crippen LogP contribution >= 0.6 is 50.7 Å². The number of benzene rings is 1. The predicted molar refractivity (Wildman–Crippen MR) is 84.2 cm³/mol. The van der Waals surface area contributed by atoms with Gasteiger partial charge >= 0.3 is 0 Å². The molecular formula is C13H10BrCl3N2. The molecule has 100 valence electrons. The van der Waals surface area contributed by atoms with Crippen LogP contribution in [0.3, 0.4) is 0 Å². The number of hydrogen-bond donors (Lipinski definition) is 0. The molecule has 0 amide bonds. The molecule has 6 heteroatoms. The van der Waals surface area contributed by atoms with E-state index >= 15 is 0 Å². The van der Waals surface area contributed by atoms with Gasteiger partial charge in [0.2, 0.25) is 0 Å². The monoisotopic (exact) mass is 378 g/mol. The van der Waals surface area contributed by atoms with E-state index in [-0.39, 0.29) is 0 Å². The smallest absolute Gasteiger partial charge is 0.161 e. The Morgan fingerprint density at radius 1 is 1.11 bits per heavy atom. The van der Waals surface area contributed by atoms with Crippen molar-refractivity contribution in [2.45, 2.75) is 19.8 Å². The summed E-state index contributed by atoms with van der Waals surface area (Å²) in [6.07, 6.45) is 1.81. The molecule has 0 N–H and O–H groups in total. The Bertz CT molecular complexity index is 617. The summed E-state index contributed by atoms with van der Waals surface area (Å²) < 4.78 is 0.750. The Morgan fingerprint density at radius 3 is 2.47 bits per heavy atom. The molecule has 1 heterocycles. The van der Waals surface area contributed by atoms with Gasteiger partial charge in [-0.1, -0.05) is 48.1 Å². The zero-order chi connectivity index (χ0) is 14.0. The van der Waals surface area contributed by atoms with Crippen molar-refractivity contribution in [1.82, 2.24) is 9.97 Å². The van der Waals surface area contributed by atoms with Crippen LogP contribution in [0.4, 0.5) is 0 Å². The average molecular weight is 380 g/mol. The van der Waals surface area contributed by atoms with Crippen LogP contribution in [-0.2, 0) is 6.42 Å². The van der Waals surface area contributed by atoms with Crippen LogP contribution in [0.1, 0.15) is 19.0 Å². The molecule has 0 spiro atoms. The second kappa shape index (κ2) is 6.40. The number of rotatable bonds is 3. The summed E-state index contributed by atoms with van der Waals surface area (Å²) in [5, 5.41) is 1.38. The van der Waals surface area contributed by atoms with E-state index in [1.54, 1.807) is 12.1 Å². The first-order valence-electron chi connectivity index (χ1n) is 5.70. The Labute approximate surface area is 135 Å². The summed E-state index contributed by atoms with van der Waals surface area (Å²) in [6, 6.07) is 5.28. The van der Waals surface area contributed by atoms with Gasteiger partial charge in [0, 0.05) is 5.56 Å². The van der Waals surface area contributed by atoms with Crippen molar-refractivity contribution in [3.05, 3.63) is 43.6 Å². The van der Waals surface area contributed by atoms with Crippen molar-refractivity contribution >= 4 is 50.7 Å². The van der Waals surface area contributed by atoms with Crippen molar-refractivity contribution in [3.8, 4) is 11.4 Å². The van der Waals surface area contributed by atoms with E-state index in [0.717, 1.165) is 28.6 Å². The molecule has 0 unspecified atom stereocenters. The first kappa shape index (κ1) is 15.0.